The van der Waals surface area contributed by atoms with Crippen molar-refractivity contribution in [2.24, 2.45) is 0 Å². The molecule has 2 N–H and O–H groups in total. The Labute approximate surface area is 161 Å². The summed E-state index contributed by atoms with van der Waals surface area (Å²) in [6.45, 7) is 1.96. The molecule has 1 amide bonds. The van der Waals surface area contributed by atoms with Gasteiger partial charge in [-0.25, -0.2) is 8.91 Å². The largest absolute Gasteiger partial charge is 0.355 e. The van der Waals surface area contributed by atoms with Gasteiger partial charge in [-0.2, -0.15) is 4.98 Å². The molecule has 28 heavy (non-hydrogen) atoms. The van der Waals surface area contributed by atoms with E-state index in [0.717, 1.165) is 22.4 Å². The number of halogens is 1. The number of hydrogen-bond acceptors (Lipinski definition) is 4. The fraction of sp³-hybridized carbons (Fsp3) is 0.0952. The maximum absolute atomic E-state index is 13.7. The maximum Gasteiger partial charge on any atom is 0.251 e. The number of carbonyl (C=O) groups is 1. The van der Waals surface area contributed by atoms with Crippen LogP contribution < -0.4 is 10.6 Å². The first-order chi connectivity index (χ1) is 13.5. The van der Waals surface area contributed by atoms with Gasteiger partial charge < -0.3 is 10.6 Å². The fourth-order valence-corrected chi connectivity index (χ4v) is 3.07. The number of nitrogens with zero attached hydrogens (tertiary/aromatic N) is 3. The number of rotatable bonds is 4. The summed E-state index contributed by atoms with van der Waals surface area (Å²) in [5, 5.41) is 10.2. The summed E-state index contributed by atoms with van der Waals surface area (Å²) in [5.41, 5.74) is 4.52. The molecule has 0 aliphatic carbocycles. The number of amides is 1. The van der Waals surface area contributed by atoms with Gasteiger partial charge >= 0.3 is 0 Å². The average Bonchev–Trinajstić information content (AvgIpc) is 3.10. The molecule has 140 valence electrons. The van der Waals surface area contributed by atoms with Gasteiger partial charge in [0.15, 0.2) is 5.65 Å². The Bertz CT molecular complexity index is 1170. The summed E-state index contributed by atoms with van der Waals surface area (Å²) in [6, 6.07) is 15.4. The Morgan fingerprint density at radius 2 is 1.89 bits per heavy atom. The molecule has 0 aliphatic heterocycles. The third-order valence-corrected chi connectivity index (χ3v) is 4.46. The van der Waals surface area contributed by atoms with Crippen molar-refractivity contribution in [3.63, 3.8) is 0 Å². The highest BCUT2D eigenvalue weighted by Gasteiger charge is 2.13. The number of hydrogen-bond donors (Lipinski definition) is 2. The first kappa shape index (κ1) is 17.7. The standard InChI is InChI=1S/C21H18FN5O/c1-13-10-11-27-19(18(13)15-4-3-5-16(22)12-15)25-21(26-27)24-17-8-6-14(7-9-17)20(28)23-2/h3-12H,1-2H3,(H,23,28)(H,24,26). The summed E-state index contributed by atoms with van der Waals surface area (Å²) in [6.07, 6.45) is 1.82. The van der Waals surface area contributed by atoms with Crippen molar-refractivity contribution in [1.29, 1.82) is 0 Å². The molecule has 0 spiro atoms. The van der Waals surface area contributed by atoms with E-state index in [9.17, 15) is 9.18 Å². The van der Waals surface area contributed by atoms with Crippen LogP contribution in [0.15, 0.2) is 60.8 Å². The molecule has 0 saturated heterocycles. The molecular formula is C21H18FN5O. The topological polar surface area (TPSA) is 71.3 Å². The predicted octanol–water partition coefficient (Wildman–Crippen LogP) is 3.95. The zero-order valence-electron chi connectivity index (χ0n) is 15.4. The van der Waals surface area contributed by atoms with Crippen LogP contribution in [0.3, 0.4) is 0 Å². The van der Waals surface area contributed by atoms with E-state index in [-0.39, 0.29) is 11.7 Å². The van der Waals surface area contributed by atoms with E-state index in [1.165, 1.54) is 12.1 Å². The normalized spacial score (nSPS) is 10.8. The van der Waals surface area contributed by atoms with Gasteiger partial charge in [0.1, 0.15) is 5.82 Å². The van der Waals surface area contributed by atoms with E-state index in [1.807, 2.05) is 25.3 Å². The number of nitrogens with one attached hydrogen (secondary N) is 2. The molecule has 4 rings (SSSR count). The van der Waals surface area contributed by atoms with E-state index in [0.29, 0.717) is 17.2 Å². The van der Waals surface area contributed by atoms with Crippen LogP contribution in [0.25, 0.3) is 16.8 Å². The van der Waals surface area contributed by atoms with Crippen LogP contribution >= 0.6 is 0 Å². The minimum Gasteiger partial charge on any atom is -0.355 e. The molecule has 7 heteroatoms. The molecule has 4 aromatic rings. The Morgan fingerprint density at radius 1 is 1.11 bits per heavy atom. The lowest BCUT2D eigenvalue weighted by Crippen LogP contribution is -2.17. The number of carbonyl (C=O) groups excluding carboxylic acids is 1. The van der Waals surface area contributed by atoms with Crippen molar-refractivity contribution in [1.82, 2.24) is 19.9 Å². The van der Waals surface area contributed by atoms with Crippen LogP contribution in [-0.2, 0) is 0 Å². The van der Waals surface area contributed by atoms with E-state index >= 15 is 0 Å². The van der Waals surface area contributed by atoms with E-state index in [4.69, 9.17) is 0 Å². The van der Waals surface area contributed by atoms with Crippen molar-refractivity contribution < 1.29 is 9.18 Å². The fourth-order valence-electron chi connectivity index (χ4n) is 3.07. The first-order valence-corrected chi connectivity index (χ1v) is 8.76. The van der Waals surface area contributed by atoms with Crippen LogP contribution in [0.1, 0.15) is 15.9 Å². The second kappa shape index (κ2) is 7.11. The van der Waals surface area contributed by atoms with Crippen molar-refractivity contribution in [3.8, 4) is 11.1 Å². The average molecular weight is 375 g/mol. The smallest absolute Gasteiger partial charge is 0.251 e. The van der Waals surface area contributed by atoms with E-state index in [2.05, 4.69) is 20.7 Å². The molecule has 0 radical (unpaired) electrons. The number of pyridine rings is 1. The second-order valence-electron chi connectivity index (χ2n) is 6.37. The second-order valence-corrected chi connectivity index (χ2v) is 6.37. The highest BCUT2D eigenvalue weighted by molar-refractivity contribution is 5.94. The highest BCUT2D eigenvalue weighted by Crippen LogP contribution is 2.29. The Balaban J connectivity index is 1.70. The first-order valence-electron chi connectivity index (χ1n) is 8.76. The Kier molecular flexibility index (Phi) is 4.49. The van der Waals surface area contributed by atoms with Crippen molar-refractivity contribution in [2.75, 3.05) is 12.4 Å². The third-order valence-electron chi connectivity index (χ3n) is 4.46. The monoisotopic (exact) mass is 375 g/mol. The van der Waals surface area contributed by atoms with Crippen molar-refractivity contribution in [3.05, 3.63) is 77.7 Å². The van der Waals surface area contributed by atoms with Gasteiger partial charge in [0.2, 0.25) is 5.95 Å². The molecule has 2 aromatic heterocycles. The molecule has 0 atom stereocenters. The maximum atomic E-state index is 13.7. The van der Waals surface area contributed by atoms with Crippen LogP contribution in [0.4, 0.5) is 16.0 Å². The third kappa shape index (κ3) is 3.29. The highest BCUT2D eigenvalue weighted by atomic mass is 19.1. The number of fused-ring (bicyclic) bond motifs is 1. The van der Waals surface area contributed by atoms with E-state index in [1.54, 1.807) is 41.9 Å². The molecule has 0 bridgehead atoms. The van der Waals surface area contributed by atoms with Gasteiger partial charge in [-0.15, -0.1) is 5.10 Å². The number of aromatic nitrogens is 3. The van der Waals surface area contributed by atoms with Gasteiger partial charge in [-0.05, 0) is 60.5 Å². The number of aryl methyl sites for hydroxylation is 1. The predicted molar refractivity (Wildman–Crippen MR) is 106 cm³/mol. The van der Waals surface area contributed by atoms with Gasteiger partial charge in [-0.1, -0.05) is 12.1 Å². The zero-order valence-corrected chi connectivity index (χ0v) is 15.4. The SMILES string of the molecule is CNC(=O)c1ccc(Nc2nc3c(-c4cccc(F)c4)c(C)ccn3n2)cc1. The molecule has 0 unspecified atom stereocenters. The van der Waals surface area contributed by atoms with Crippen LogP contribution in [0.5, 0.6) is 0 Å². The lowest BCUT2D eigenvalue weighted by atomic mass is 10.0. The van der Waals surface area contributed by atoms with Gasteiger partial charge in [0.05, 0.1) is 0 Å². The molecule has 0 aliphatic rings. The Morgan fingerprint density at radius 3 is 2.61 bits per heavy atom. The molecule has 2 heterocycles. The quantitative estimate of drug-likeness (QED) is 0.567. The summed E-state index contributed by atoms with van der Waals surface area (Å²) in [4.78, 5) is 16.2. The molecular weight excluding hydrogens is 357 g/mol. The van der Waals surface area contributed by atoms with Crippen LogP contribution in [0, 0.1) is 12.7 Å². The van der Waals surface area contributed by atoms with Crippen LogP contribution in [0.2, 0.25) is 0 Å². The number of benzene rings is 2. The Hall–Kier alpha value is -3.74. The molecule has 6 nitrogen and oxygen atoms in total. The molecule has 0 fully saturated rings. The lowest BCUT2D eigenvalue weighted by Gasteiger charge is -2.07. The molecule has 0 saturated carbocycles. The minimum atomic E-state index is -0.298. The van der Waals surface area contributed by atoms with Gasteiger partial charge in [0, 0.05) is 30.1 Å². The summed E-state index contributed by atoms with van der Waals surface area (Å²) < 4.78 is 15.4. The van der Waals surface area contributed by atoms with Crippen molar-refractivity contribution in [2.45, 2.75) is 6.92 Å². The van der Waals surface area contributed by atoms with Crippen molar-refractivity contribution >= 4 is 23.2 Å². The molecule has 2 aromatic carbocycles. The minimum absolute atomic E-state index is 0.146. The van der Waals surface area contributed by atoms with E-state index < -0.39 is 0 Å². The number of anilines is 2. The van der Waals surface area contributed by atoms with Gasteiger partial charge in [-0.3, -0.25) is 4.79 Å². The van der Waals surface area contributed by atoms with Gasteiger partial charge in [0.25, 0.3) is 5.91 Å². The summed E-state index contributed by atoms with van der Waals surface area (Å²) in [5.74, 6) is -0.0310. The lowest BCUT2D eigenvalue weighted by molar-refractivity contribution is 0.0963. The summed E-state index contributed by atoms with van der Waals surface area (Å²) >= 11 is 0. The zero-order chi connectivity index (χ0) is 19.7. The summed E-state index contributed by atoms with van der Waals surface area (Å²) in [7, 11) is 1.59. The van der Waals surface area contributed by atoms with Crippen LogP contribution in [-0.4, -0.2) is 27.6 Å².